The molecule has 17 nitrogen and oxygen atoms in total. The molecule has 0 spiro atoms. The molecule has 19 heteroatoms. The molecule has 2 amide bonds. The number of rotatable bonds is 22. The molecule has 59 heavy (non-hydrogen) atoms. The Balaban J connectivity index is 1.66. The third-order valence-corrected chi connectivity index (χ3v) is 8.82. The molecule has 3 aromatic carbocycles. The van der Waals surface area contributed by atoms with Gasteiger partial charge < -0.3 is 42.0 Å². The second-order valence-electron chi connectivity index (χ2n) is 12.1. The molecular weight excluding hydrogens is 811 g/mol. The Hall–Kier alpha value is -6.65. The summed E-state index contributed by atoms with van der Waals surface area (Å²) in [4.78, 5) is 71.2. The van der Waals surface area contributed by atoms with Crippen molar-refractivity contribution in [1.82, 2.24) is 0 Å². The zero-order valence-electron chi connectivity index (χ0n) is 32.5. The summed E-state index contributed by atoms with van der Waals surface area (Å²) in [5, 5.41) is 5.07. The number of nitrogens with one attached hydrogen (secondary N) is 2. The van der Waals surface area contributed by atoms with Crippen LogP contribution in [0.15, 0.2) is 109 Å². The second-order valence-corrected chi connectivity index (χ2v) is 14.9. The summed E-state index contributed by atoms with van der Waals surface area (Å²) in [6, 6.07) is 18.4. The van der Waals surface area contributed by atoms with Crippen molar-refractivity contribution < 1.29 is 70.8 Å². The average molecular weight is 855 g/mol. The van der Waals surface area contributed by atoms with Crippen LogP contribution >= 0.6 is 6.72 Å². The summed E-state index contributed by atoms with van der Waals surface area (Å²) >= 11 is 5.80. The average Bonchev–Trinajstić information content (AvgIpc) is 3.18. The lowest BCUT2D eigenvalue weighted by atomic mass is 10.1. The minimum atomic E-state index is -3.74. The van der Waals surface area contributed by atoms with Gasteiger partial charge in [-0.2, -0.15) is 0 Å². The van der Waals surface area contributed by atoms with Gasteiger partial charge in [0.1, 0.15) is 56.9 Å². The second kappa shape index (κ2) is 23.5. The maximum Gasteiger partial charge on any atom is 0.490 e. The van der Waals surface area contributed by atoms with E-state index in [1.165, 1.54) is 69.3 Å². The molecule has 0 fully saturated rings. The number of benzene rings is 3. The quantitative estimate of drug-likeness (QED) is 0.0343. The predicted molar refractivity (Wildman–Crippen MR) is 217 cm³/mol. The van der Waals surface area contributed by atoms with Crippen LogP contribution < -0.4 is 24.2 Å². The van der Waals surface area contributed by atoms with E-state index >= 15 is 0 Å². The van der Waals surface area contributed by atoms with Crippen molar-refractivity contribution in [2.24, 2.45) is 0 Å². The van der Waals surface area contributed by atoms with Gasteiger partial charge in [-0.25, -0.2) is 24.0 Å². The molecule has 0 unspecified atom stereocenters. The van der Waals surface area contributed by atoms with Gasteiger partial charge in [0, 0.05) is 39.9 Å². The molecule has 0 bridgehead atoms. The minimum absolute atomic E-state index is 0.0807. The van der Waals surface area contributed by atoms with Gasteiger partial charge in [-0.05, 0) is 87.0 Å². The zero-order valence-corrected chi connectivity index (χ0v) is 34.2. The first-order valence-electron chi connectivity index (χ1n) is 17.5. The van der Waals surface area contributed by atoms with Gasteiger partial charge in [0.15, 0.2) is 0 Å². The fourth-order valence-electron chi connectivity index (χ4n) is 4.03. The van der Waals surface area contributed by atoms with Crippen LogP contribution in [0.2, 0.25) is 0 Å². The van der Waals surface area contributed by atoms with Crippen LogP contribution in [0.25, 0.3) is 0 Å². The Morgan fingerprint density at radius 3 is 1.14 bits per heavy atom. The topological polar surface area (TPSA) is 210 Å². The monoisotopic (exact) mass is 854 g/mol. The van der Waals surface area contributed by atoms with E-state index in [1.807, 2.05) is 0 Å². The van der Waals surface area contributed by atoms with Crippen molar-refractivity contribution in [3.8, 4) is 17.2 Å². The van der Waals surface area contributed by atoms with Gasteiger partial charge in [0.2, 0.25) is 0 Å². The van der Waals surface area contributed by atoms with Crippen molar-refractivity contribution in [3.05, 3.63) is 115 Å². The van der Waals surface area contributed by atoms with Crippen molar-refractivity contribution >= 4 is 66.0 Å². The van der Waals surface area contributed by atoms with E-state index < -0.39 is 42.8 Å². The van der Waals surface area contributed by atoms with Crippen LogP contribution in [0.4, 0.5) is 21.0 Å². The van der Waals surface area contributed by atoms with E-state index in [2.05, 4.69) is 30.4 Å². The number of ether oxygens (including phenoxy) is 6. The smallest absolute Gasteiger partial charge is 0.462 e. The fraction of sp³-hybridized carbons (Fsp3) is 0.250. The number of amides is 2. The highest BCUT2D eigenvalue weighted by Crippen LogP contribution is 2.50. The number of hydrogen-bond acceptors (Lipinski definition) is 16. The maximum absolute atomic E-state index is 12.3. The summed E-state index contributed by atoms with van der Waals surface area (Å²) in [6.45, 7) is 10.3. The highest BCUT2D eigenvalue weighted by atomic mass is 32.5. The summed E-state index contributed by atoms with van der Waals surface area (Å²) in [6.07, 6.45) is -1.67. The van der Waals surface area contributed by atoms with Gasteiger partial charge in [0.05, 0.1) is 6.42 Å². The largest absolute Gasteiger partial charge is 0.490 e. The van der Waals surface area contributed by atoms with Gasteiger partial charge in [-0.3, -0.25) is 15.4 Å². The molecule has 0 heterocycles. The molecule has 0 aliphatic carbocycles. The third kappa shape index (κ3) is 18.0. The van der Waals surface area contributed by atoms with Crippen LogP contribution in [0.3, 0.4) is 0 Å². The Morgan fingerprint density at radius 2 is 0.797 bits per heavy atom. The number of esters is 4. The van der Waals surface area contributed by atoms with E-state index in [9.17, 15) is 28.8 Å². The number of hydrogen-bond donors (Lipinski definition) is 2. The van der Waals surface area contributed by atoms with Crippen LogP contribution in [-0.4, -0.2) is 75.7 Å². The van der Waals surface area contributed by atoms with Crippen molar-refractivity contribution in [3.63, 3.8) is 0 Å². The molecule has 0 radical (unpaired) electrons. The van der Waals surface area contributed by atoms with E-state index in [-0.39, 0.29) is 80.0 Å². The summed E-state index contributed by atoms with van der Waals surface area (Å²) in [7, 11) is 0. The van der Waals surface area contributed by atoms with Gasteiger partial charge in [0.25, 0.3) is 0 Å². The molecule has 0 atom stereocenters. The molecule has 3 aromatic rings. The molecule has 0 aliphatic rings. The molecular formula is C40H43N2O15PS. The van der Waals surface area contributed by atoms with Crippen LogP contribution in [0.5, 0.6) is 17.2 Å². The SMILES string of the molecule is C=C(C)C(=O)OCCOC(=O)Cc1ccc(OP(=S)(Oc2ccc(NC(=O)OCCOC(=O)C(=C)C)cc2)Oc2ccc(NC(=O)OCCOC(=O)C(=C)C)cc2)cc1. The highest BCUT2D eigenvalue weighted by Gasteiger charge is 2.27. The number of carbonyl (C=O) groups excluding carboxylic acids is 6. The molecule has 2 N–H and O–H groups in total. The molecule has 0 aliphatic heterocycles. The van der Waals surface area contributed by atoms with Crippen molar-refractivity contribution in [2.45, 2.75) is 27.2 Å². The Bertz CT molecular complexity index is 1820. The lowest BCUT2D eigenvalue weighted by molar-refractivity contribution is -0.149. The van der Waals surface area contributed by atoms with E-state index in [0.29, 0.717) is 16.9 Å². The zero-order chi connectivity index (χ0) is 43.4. The first-order valence-corrected chi connectivity index (χ1v) is 20.1. The van der Waals surface area contributed by atoms with Crippen LogP contribution in [-0.2, 0) is 65.8 Å². The van der Waals surface area contributed by atoms with E-state index in [0.717, 1.165) is 0 Å². The lowest BCUT2D eigenvalue weighted by Crippen LogP contribution is -2.18. The Labute approximate surface area is 345 Å². The van der Waals surface area contributed by atoms with E-state index in [4.69, 9.17) is 53.8 Å². The Kier molecular flexibility index (Phi) is 18.7. The maximum atomic E-state index is 12.3. The minimum Gasteiger partial charge on any atom is -0.462 e. The lowest BCUT2D eigenvalue weighted by Gasteiger charge is -2.23. The van der Waals surface area contributed by atoms with Crippen LogP contribution in [0.1, 0.15) is 26.3 Å². The molecule has 0 saturated carbocycles. The normalized spacial score (nSPS) is 10.4. The Morgan fingerprint density at radius 1 is 0.492 bits per heavy atom. The predicted octanol–water partition coefficient (Wildman–Crippen LogP) is 6.99. The fourth-order valence-corrected chi connectivity index (χ4v) is 6.06. The standard InChI is InChI=1S/C40H43N2O15PS/c1-26(2)36(44)50-20-19-49-35(43)25-29-7-13-32(14-8-29)55-58(59,56-33-15-9-30(10-16-33)41-39(47)53-23-21-51-37(45)27(3)4)57-34-17-11-31(12-18-34)42-40(48)54-24-22-52-38(46)28(5)6/h7-18H,1,3,5,19-25H2,2,4,6H3,(H,41,47)(H,42,48). The molecule has 0 saturated heterocycles. The highest BCUT2D eigenvalue weighted by molar-refractivity contribution is 8.08. The molecule has 3 rings (SSSR count). The van der Waals surface area contributed by atoms with Crippen LogP contribution in [0, 0.1) is 0 Å². The van der Waals surface area contributed by atoms with Gasteiger partial charge in [-0.1, -0.05) is 31.9 Å². The van der Waals surface area contributed by atoms with Gasteiger partial charge in [-0.15, -0.1) is 0 Å². The summed E-state index contributed by atoms with van der Waals surface area (Å²) < 4.78 is 48.1. The molecule has 314 valence electrons. The van der Waals surface area contributed by atoms with Crippen molar-refractivity contribution in [1.29, 1.82) is 0 Å². The number of carbonyl (C=O) groups is 6. The van der Waals surface area contributed by atoms with E-state index in [1.54, 1.807) is 24.3 Å². The summed E-state index contributed by atoms with van der Waals surface area (Å²) in [5.74, 6) is -1.68. The van der Waals surface area contributed by atoms with Crippen molar-refractivity contribution in [2.75, 3.05) is 50.3 Å². The first-order chi connectivity index (χ1) is 28.0. The number of anilines is 2. The van der Waals surface area contributed by atoms with Gasteiger partial charge >= 0.3 is 42.8 Å². The third-order valence-electron chi connectivity index (χ3n) is 6.85. The first kappa shape index (κ1) is 46.7. The molecule has 0 aromatic heterocycles. The summed E-state index contributed by atoms with van der Waals surface area (Å²) in [5.41, 5.74) is 1.93.